The molecule has 0 bridgehead atoms. The molecule has 2 rings (SSSR count). The van der Waals surface area contributed by atoms with Crippen LogP contribution in [0.3, 0.4) is 0 Å². The Labute approximate surface area is 134 Å². The average Bonchev–Trinajstić information content (AvgIpc) is 2.47. The van der Waals surface area contributed by atoms with Crippen LogP contribution in [0.15, 0.2) is 27.6 Å². The zero-order chi connectivity index (χ0) is 15.3. The average molecular weight is 377 g/mol. The van der Waals surface area contributed by atoms with Crippen molar-refractivity contribution in [3.8, 4) is 0 Å². The molecular weight excluding hydrogens is 356 g/mol. The molecule has 0 unspecified atom stereocenters. The summed E-state index contributed by atoms with van der Waals surface area (Å²) in [7, 11) is -3.53. The van der Waals surface area contributed by atoms with Crippen molar-refractivity contribution in [2.24, 2.45) is 0 Å². The van der Waals surface area contributed by atoms with Crippen LogP contribution >= 0.6 is 15.9 Å². The van der Waals surface area contributed by atoms with E-state index in [0.717, 1.165) is 12.8 Å². The van der Waals surface area contributed by atoms with Crippen LogP contribution in [0.25, 0.3) is 0 Å². The highest BCUT2D eigenvalue weighted by Gasteiger charge is 2.16. The second-order valence-corrected chi connectivity index (χ2v) is 7.83. The molecule has 5 nitrogen and oxygen atoms in total. The number of anilines is 1. The van der Waals surface area contributed by atoms with Gasteiger partial charge in [-0.3, -0.25) is 0 Å². The van der Waals surface area contributed by atoms with Crippen molar-refractivity contribution in [1.29, 1.82) is 0 Å². The predicted molar refractivity (Wildman–Crippen MR) is 86.6 cm³/mol. The van der Waals surface area contributed by atoms with E-state index in [4.69, 9.17) is 10.5 Å². The van der Waals surface area contributed by atoms with E-state index in [1.54, 1.807) is 6.07 Å². The summed E-state index contributed by atoms with van der Waals surface area (Å²) < 4.78 is 33.1. The molecule has 1 saturated carbocycles. The Kier molecular flexibility index (Phi) is 6.04. The van der Waals surface area contributed by atoms with Crippen LogP contribution in [0.5, 0.6) is 0 Å². The Balaban J connectivity index is 1.82. The topological polar surface area (TPSA) is 81.4 Å². The minimum Gasteiger partial charge on any atom is -0.398 e. The summed E-state index contributed by atoms with van der Waals surface area (Å²) in [4.78, 5) is 0.167. The van der Waals surface area contributed by atoms with E-state index in [1.807, 2.05) is 0 Å². The molecule has 0 spiro atoms. The van der Waals surface area contributed by atoms with E-state index in [2.05, 4.69) is 20.7 Å². The van der Waals surface area contributed by atoms with Gasteiger partial charge >= 0.3 is 0 Å². The molecule has 0 saturated heterocycles. The van der Waals surface area contributed by atoms with Gasteiger partial charge in [0, 0.05) is 16.7 Å². The molecule has 1 aromatic carbocycles. The number of rotatable bonds is 6. The molecule has 0 amide bonds. The van der Waals surface area contributed by atoms with Gasteiger partial charge in [0.15, 0.2) is 0 Å². The van der Waals surface area contributed by atoms with Crippen LogP contribution in [-0.4, -0.2) is 27.7 Å². The molecule has 0 radical (unpaired) electrons. The summed E-state index contributed by atoms with van der Waals surface area (Å²) in [6.07, 6.45) is 6.12. The Bertz CT molecular complexity index is 572. The molecule has 7 heteroatoms. The lowest BCUT2D eigenvalue weighted by molar-refractivity contribution is 0.0321. The summed E-state index contributed by atoms with van der Waals surface area (Å²) in [6, 6.07) is 4.58. The van der Waals surface area contributed by atoms with Crippen LogP contribution in [0.1, 0.15) is 32.1 Å². The molecule has 0 aliphatic heterocycles. The zero-order valence-corrected chi connectivity index (χ0v) is 14.2. The molecule has 0 heterocycles. The number of nitrogens with two attached hydrogens (primary N) is 1. The Morgan fingerprint density at radius 1 is 1.29 bits per heavy atom. The first-order valence-corrected chi connectivity index (χ1v) is 9.43. The monoisotopic (exact) mass is 376 g/mol. The first-order valence-electron chi connectivity index (χ1n) is 7.15. The Hall–Kier alpha value is -0.630. The van der Waals surface area contributed by atoms with E-state index in [9.17, 15) is 8.42 Å². The lowest BCUT2D eigenvalue weighted by Gasteiger charge is -2.22. The van der Waals surface area contributed by atoms with E-state index < -0.39 is 10.0 Å². The van der Waals surface area contributed by atoms with E-state index >= 15 is 0 Å². The lowest BCUT2D eigenvalue weighted by atomic mass is 9.98. The first-order chi connectivity index (χ1) is 9.99. The highest BCUT2D eigenvalue weighted by atomic mass is 79.9. The van der Waals surface area contributed by atoms with Gasteiger partial charge in [0.2, 0.25) is 10.0 Å². The number of benzene rings is 1. The smallest absolute Gasteiger partial charge is 0.240 e. The molecule has 1 fully saturated rings. The summed E-state index contributed by atoms with van der Waals surface area (Å²) in [5.74, 6) is 0. The maximum atomic E-state index is 12.1. The summed E-state index contributed by atoms with van der Waals surface area (Å²) in [5, 5.41) is 0. The quantitative estimate of drug-likeness (QED) is 0.590. The maximum absolute atomic E-state index is 12.1. The second kappa shape index (κ2) is 7.58. The predicted octanol–water partition coefficient (Wildman–Crippen LogP) is 2.66. The number of hydrogen-bond acceptors (Lipinski definition) is 4. The maximum Gasteiger partial charge on any atom is 0.240 e. The minimum absolute atomic E-state index is 0.167. The van der Waals surface area contributed by atoms with Crippen molar-refractivity contribution in [3.63, 3.8) is 0 Å². The van der Waals surface area contributed by atoms with Gasteiger partial charge in [-0.15, -0.1) is 0 Å². The minimum atomic E-state index is -3.53. The van der Waals surface area contributed by atoms with Crippen LogP contribution in [0.2, 0.25) is 0 Å². The molecule has 1 aromatic rings. The Morgan fingerprint density at radius 3 is 2.67 bits per heavy atom. The second-order valence-electron chi connectivity index (χ2n) is 5.21. The van der Waals surface area contributed by atoms with E-state index in [0.29, 0.717) is 16.8 Å². The van der Waals surface area contributed by atoms with Crippen molar-refractivity contribution < 1.29 is 13.2 Å². The van der Waals surface area contributed by atoms with Gasteiger partial charge in [0.05, 0.1) is 17.6 Å². The highest BCUT2D eigenvalue weighted by molar-refractivity contribution is 9.10. The molecule has 3 N–H and O–H groups in total. The third-order valence-corrected chi connectivity index (χ3v) is 5.76. The lowest BCUT2D eigenvalue weighted by Crippen LogP contribution is -2.29. The number of hydrogen-bond donors (Lipinski definition) is 2. The number of nitrogens with one attached hydrogen (secondary N) is 1. The molecule has 0 aromatic heterocycles. The third-order valence-electron chi connectivity index (χ3n) is 3.58. The van der Waals surface area contributed by atoms with Crippen molar-refractivity contribution in [3.05, 3.63) is 22.7 Å². The molecule has 21 heavy (non-hydrogen) atoms. The van der Waals surface area contributed by atoms with Crippen LogP contribution < -0.4 is 10.5 Å². The molecule has 118 valence electrons. The first kappa shape index (κ1) is 16.7. The fraction of sp³-hybridized carbons (Fsp3) is 0.571. The van der Waals surface area contributed by atoms with Gasteiger partial charge in [-0.25, -0.2) is 13.1 Å². The fourth-order valence-corrected chi connectivity index (χ4v) is 3.70. The fourth-order valence-electron chi connectivity index (χ4n) is 2.41. The molecule has 1 aliphatic rings. The number of nitrogen functional groups attached to an aromatic ring is 1. The summed E-state index contributed by atoms with van der Waals surface area (Å²) in [6.45, 7) is 0.671. The van der Waals surface area contributed by atoms with E-state index in [1.165, 1.54) is 31.4 Å². The Morgan fingerprint density at radius 2 is 2.00 bits per heavy atom. The summed E-state index contributed by atoms with van der Waals surface area (Å²) >= 11 is 3.24. The van der Waals surface area contributed by atoms with Crippen LogP contribution in [-0.2, 0) is 14.8 Å². The van der Waals surface area contributed by atoms with Gasteiger partial charge in [-0.2, -0.15) is 0 Å². The molecule has 1 aliphatic carbocycles. The SMILES string of the molecule is Nc1cc(S(=O)(=O)NCCOC2CCCCC2)ccc1Br. The molecular formula is C14H21BrN2O3S. The van der Waals surface area contributed by atoms with Gasteiger partial charge in [0.25, 0.3) is 0 Å². The van der Waals surface area contributed by atoms with Gasteiger partial charge < -0.3 is 10.5 Å². The third kappa shape index (κ3) is 4.95. The van der Waals surface area contributed by atoms with Crippen molar-refractivity contribution in [2.45, 2.75) is 43.1 Å². The van der Waals surface area contributed by atoms with Crippen molar-refractivity contribution >= 4 is 31.6 Å². The van der Waals surface area contributed by atoms with Gasteiger partial charge in [-0.05, 0) is 47.0 Å². The molecule has 0 atom stereocenters. The van der Waals surface area contributed by atoms with Crippen molar-refractivity contribution in [2.75, 3.05) is 18.9 Å². The largest absolute Gasteiger partial charge is 0.398 e. The number of halogens is 1. The normalized spacial score (nSPS) is 17.0. The van der Waals surface area contributed by atoms with E-state index in [-0.39, 0.29) is 17.5 Å². The zero-order valence-electron chi connectivity index (χ0n) is 11.8. The van der Waals surface area contributed by atoms with Crippen LogP contribution in [0.4, 0.5) is 5.69 Å². The highest BCUT2D eigenvalue weighted by Crippen LogP contribution is 2.23. The number of ether oxygens (including phenoxy) is 1. The van der Waals surface area contributed by atoms with Crippen LogP contribution in [0, 0.1) is 0 Å². The standard InChI is InChI=1S/C14H21BrN2O3S/c15-13-7-6-12(10-14(13)16)21(18,19)17-8-9-20-11-4-2-1-3-5-11/h6-7,10-11,17H,1-5,8-9,16H2. The van der Waals surface area contributed by atoms with Gasteiger partial charge in [-0.1, -0.05) is 19.3 Å². The van der Waals surface area contributed by atoms with Gasteiger partial charge in [0.1, 0.15) is 0 Å². The number of sulfonamides is 1. The van der Waals surface area contributed by atoms with Crippen molar-refractivity contribution in [1.82, 2.24) is 4.72 Å². The summed E-state index contributed by atoms with van der Waals surface area (Å²) in [5.41, 5.74) is 6.11.